The molecule has 24 heavy (non-hydrogen) atoms. The van der Waals surface area contributed by atoms with Gasteiger partial charge in [-0.2, -0.15) is 26.3 Å². The Balaban J connectivity index is 3.45. The van der Waals surface area contributed by atoms with E-state index in [-0.39, 0.29) is 5.75 Å². The largest absolute Gasteiger partial charge is 0.411 e. The Morgan fingerprint density at radius 1 is 1.12 bits per heavy atom. The summed E-state index contributed by atoms with van der Waals surface area (Å²) in [4.78, 5) is 12.7. The number of hydrogen-bond acceptors (Lipinski definition) is 3. The number of primary amides is 1. The third-order valence-electron chi connectivity index (χ3n) is 3.18. The van der Waals surface area contributed by atoms with Gasteiger partial charge >= 0.3 is 18.4 Å². The van der Waals surface area contributed by atoms with Crippen LogP contribution < -0.4 is 10.5 Å². The average molecular weight is 356 g/mol. The van der Waals surface area contributed by atoms with Gasteiger partial charge in [0.25, 0.3) is 0 Å². The van der Waals surface area contributed by atoms with E-state index in [1.165, 1.54) is 0 Å². The topological polar surface area (TPSA) is 101 Å². The first kappa shape index (κ1) is 19.4. The van der Waals surface area contributed by atoms with Crippen LogP contribution in [0.2, 0.25) is 0 Å². The van der Waals surface area contributed by atoms with Gasteiger partial charge in [-0.25, -0.2) is 4.79 Å². The molecule has 1 rings (SSSR count). The van der Waals surface area contributed by atoms with Crippen molar-refractivity contribution in [1.29, 1.82) is 0 Å². The van der Waals surface area contributed by atoms with Crippen LogP contribution in [0, 0.1) is 0 Å². The maximum Gasteiger partial charge on any atom is 0.409 e. The Morgan fingerprint density at radius 3 is 2.00 bits per heavy atom. The van der Waals surface area contributed by atoms with Crippen molar-refractivity contribution in [3.05, 3.63) is 40.3 Å². The van der Waals surface area contributed by atoms with Gasteiger partial charge in [0.1, 0.15) is 5.75 Å². The zero-order valence-corrected chi connectivity index (χ0v) is 11.7. The van der Waals surface area contributed by atoms with Crippen molar-refractivity contribution in [2.45, 2.75) is 24.2 Å². The van der Waals surface area contributed by atoms with Gasteiger partial charge in [-0.05, 0) is 29.6 Å². The molecule has 1 amide bonds. The maximum absolute atomic E-state index is 13.3. The highest BCUT2D eigenvalue weighted by Gasteiger charge is 2.70. The molecule has 0 fully saturated rings. The van der Waals surface area contributed by atoms with Crippen LogP contribution >= 0.6 is 0 Å². The summed E-state index contributed by atoms with van der Waals surface area (Å²) in [7, 11) is 0. The maximum atomic E-state index is 13.3. The lowest BCUT2D eigenvalue weighted by Crippen LogP contribution is -2.54. The molecule has 0 aromatic heterocycles. The normalized spacial score (nSPS) is 12.4. The Bertz CT molecular complexity index is 620. The van der Waals surface area contributed by atoms with E-state index in [2.05, 4.69) is 14.8 Å². The van der Waals surface area contributed by atoms with Gasteiger partial charge in [0.15, 0.2) is 5.41 Å². The van der Waals surface area contributed by atoms with E-state index in [9.17, 15) is 31.1 Å². The lowest BCUT2D eigenvalue weighted by atomic mass is 9.76. The van der Waals surface area contributed by atoms with Crippen molar-refractivity contribution < 1.29 is 35.9 Å². The number of alkyl halides is 6. The average Bonchev–Trinajstić information content (AvgIpc) is 2.41. The molecule has 132 valence electrons. The molecule has 0 saturated heterocycles. The van der Waals surface area contributed by atoms with Crippen LogP contribution in [0.3, 0.4) is 0 Å². The standard InChI is InChI=1S/C12H10F6N4O2/c13-11(14,15)10(12(16,17)18,5-6-21-22-20)7-1-3-8(4-2-7)24-9(19)23/h1-4H,5-6H2,(H2,19,23). The van der Waals surface area contributed by atoms with Gasteiger partial charge in [-0.15, -0.1) is 0 Å². The number of ether oxygens (including phenoxy) is 1. The molecule has 12 heteroatoms. The number of hydrogen-bond donors (Lipinski definition) is 1. The fraction of sp³-hybridized carbons (Fsp3) is 0.417. The summed E-state index contributed by atoms with van der Waals surface area (Å²) in [6, 6.07) is 2.55. The molecule has 1 aromatic rings. The monoisotopic (exact) mass is 356 g/mol. The number of rotatable bonds is 5. The van der Waals surface area contributed by atoms with Gasteiger partial charge in [0.05, 0.1) is 0 Å². The van der Waals surface area contributed by atoms with E-state index < -0.39 is 42.4 Å². The first-order chi connectivity index (χ1) is 11.0. The zero-order valence-electron chi connectivity index (χ0n) is 11.7. The number of carbonyl (C=O) groups is 1. The zero-order chi connectivity index (χ0) is 18.6. The number of carbonyl (C=O) groups excluding carboxylic acids is 1. The van der Waals surface area contributed by atoms with E-state index in [0.29, 0.717) is 12.1 Å². The lowest BCUT2D eigenvalue weighted by Gasteiger charge is -2.37. The van der Waals surface area contributed by atoms with Crippen molar-refractivity contribution in [1.82, 2.24) is 0 Å². The van der Waals surface area contributed by atoms with Crippen LogP contribution in [-0.4, -0.2) is 25.0 Å². The van der Waals surface area contributed by atoms with Gasteiger partial charge in [-0.3, -0.25) is 0 Å². The van der Waals surface area contributed by atoms with E-state index >= 15 is 0 Å². The molecule has 0 saturated carbocycles. The number of amides is 1. The molecule has 1 aromatic carbocycles. The van der Waals surface area contributed by atoms with Crippen LogP contribution in [0.25, 0.3) is 10.4 Å². The summed E-state index contributed by atoms with van der Waals surface area (Å²) >= 11 is 0. The smallest absolute Gasteiger partial charge is 0.409 e. The van der Waals surface area contributed by atoms with Crippen molar-refractivity contribution in [3.63, 3.8) is 0 Å². The predicted molar refractivity (Wildman–Crippen MR) is 69.1 cm³/mol. The van der Waals surface area contributed by atoms with E-state index in [0.717, 1.165) is 12.1 Å². The number of nitrogens with two attached hydrogens (primary N) is 1. The highest BCUT2D eigenvalue weighted by molar-refractivity contribution is 5.68. The molecule has 0 spiro atoms. The minimum absolute atomic E-state index is 0.320. The molecule has 0 aliphatic carbocycles. The fourth-order valence-corrected chi connectivity index (χ4v) is 2.10. The molecule has 0 bridgehead atoms. The fourth-order valence-electron chi connectivity index (χ4n) is 2.10. The SMILES string of the molecule is [N-]=[N+]=NCCC(c1ccc(OC(N)=O)cc1)(C(F)(F)F)C(F)(F)F. The molecule has 0 aliphatic rings. The van der Waals surface area contributed by atoms with Gasteiger partial charge < -0.3 is 10.5 Å². The molecule has 6 nitrogen and oxygen atoms in total. The number of benzene rings is 1. The van der Waals surface area contributed by atoms with Crippen LogP contribution in [0.4, 0.5) is 31.1 Å². The number of halogens is 6. The highest BCUT2D eigenvalue weighted by Crippen LogP contribution is 2.54. The molecular formula is C12H10F6N4O2. The molecule has 0 atom stereocenters. The van der Waals surface area contributed by atoms with Crippen LogP contribution in [-0.2, 0) is 5.41 Å². The van der Waals surface area contributed by atoms with Gasteiger partial charge in [-0.1, -0.05) is 17.2 Å². The Kier molecular flexibility index (Phi) is 5.56. The van der Waals surface area contributed by atoms with Gasteiger partial charge in [0, 0.05) is 11.5 Å². The van der Waals surface area contributed by atoms with Crippen LogP contribution in [0.1, 0.15) is 12.0 Å². The Labute approximate surface area is 130 Å². The minimum atomic E-state index is -5.71. The first-order valence-corrected chi connectivity index (χ1v) is 6.18. The summed E-state index contributed by atoms with van der Waals surface area (Å²) in [6.45, 7) is -1.02. The predicted octanol–water partition coefficient (Wildman–Crippen LogP) is 4.21. The van der Waals surface area contributed by atoms with Crippen molar-refractivity contribution in [2.75, 3.05) is 6.54 Å². The summed E-state index contributed by atoms with van der Waals surface area (Å²) in [5.41, 5.74) is 7.43. The summed E-state index contributed by atoms with van der Waals surface area (Å²) in [5.74, 6) is -0.320. The molecule has 0 aliphatic heterocycles. The minimum Gasteiger partial charge on any atom is -0.411 e. The van der Waals surface area contributed by atoms with Crippen LogP contribution in [0.15, 0.2) is 29.4 Å². The second kappa shape index (κ2) is 6.87. The third-order valence-corrected chi connectivity index (χ3v) is 3.18. The summed E-state index contributed by atoms with van der Waals surface area (Å²) in [6.07, 6.45) is -14.2. The molecule has 0 radical (unpaired) electrons. The molecule has 0 heterocycles. The van der Waals surface area contributed by atoms with Crippen LogP contribution in [0.5, 0.6) is 5.75 Å². The lowest BCUT2D eigenvalue weighted by molar-refractivity contribution is -0.304. The van der Waals surface area contributed by atoms with Crippen molar-refractivity contribution >= 4 is 6.09 Å². The molecule has 2 N–H and O–H groups in total. The number of azide groups is 1. The van der Waals surface area contributed by atoms with Crippen molar-refractivity contribution in [2.24, 2.45) is 10.8 Å². The summed E-state index contributed by atoms with van der Waals surface area (Å²) < 4.78 is 84.4. The highest BCUT2D eigenvalue weighted by atomic mass is 19.4. The van der Waals surface area contributed by atoms with E-state index in [1.54, 1.807) is 0 Å². The Hall–Kier alpha value is -2.62. The second-order valence-corrected chi connectivity index (χ2v) is 4.55. The van der Waals surface area contributed by atoms with E-state index in [4.69, 9.17) is 11.3 Å². The third kappa shape index (κ3) is 3.82. The van der Waals surface area contributed by atoms with Crippen molar-refractivity contribution in [3.8, 4) is 5.75 Å². The quantitative estimate of drug-likeness (QED) is 0.370. The Morgan fingerprint density at radius 2 is 1.62 bits per heavy atom. The second-order valence-electron chi connectivity index (χ2n) is 4.55. The molecule has 0 unspecified atom stereocenters. The first-order valence-electron chi connectivity index (χ1n) is 6.18. The molecular weight excluding hydrogens is 346 g/mol. The summed E-state index contributed by atoms with van der Waals surface area (Å²) in [5, 5.41) is 2.76. The van der Waals surface area contributed by atoms with Gasteiger partial charge in [0.2, 0.25) is 0 Å². The number of nitrogens with zero attached hydrogens (tertiary/aromatic N) is 3. The van der Waals surface area contributed by atoms with E-state index in [1.807, 2.05) is 0 Å².